The molecule has 0 unspecified atom stereocenters. The maximum absolute atomic E-state index is 11.6. The zero-order valence-electron chi connectivity index (χ0n) is 16.1. The van der Waals surface area contributed by atoms with Gasteiger partial charge >= 0.3 is 0 Å². The van der Waals surface area contributed by atoms with Gasteiger partial charge in [-0.1, -0.05) is 65.2 Å². The molecular weight excluding hydrogens is 300 g/mol. The molecule has 0 saturated heterocycles. The Morgan fingerprint density at radius 1 is 0.542 bits per heavy atom. The predicted octanol–water partition coefficient (Wildman–Crippen LogP) is 4.72. The maximum atomic E-state index is 11.6. The first-order chi connectivity index (χ1) is 11.7. The van der Waals surface area contributed by atoms with Crippen molar-refractivity contribution in [2.75, 3.05) is 13.1 Å². The molecule has 0 radical (unpaired) electrons. The Kier molecular flexibility index (Phi) is 17.5. The quantitative estimate of drug-likeness (QED) is 0.376. The summed E-state index contributed by atoms with van der Waals surface area (Å²) in [5.41, 5.74) is 0. The molecule has 2 N–H and O–H groups in total. The number of carbonyl (C=O) groups is 2. The summed E-state index contributed by atoms with van der Waals surface area (Å²) < 4.78 is 0. The van der Waals surface area contributed by atoms with Crippen LogP contribution in [0.5, 0.6) is 0 Å². The van der Waals surface area contributed by atoms with Gasteiger partial charge in [0.25, 0.3) is 0 Å². The summed E-state index contributed by atoms with van der Waals surface area (Å²) in [6.07, 6.45) is 14.8. The number of rotatable bonds is 17. The van der Waals surface area contributed by atoms with Gasteiger partial charge < -0.3 is 10.6 Å². The van der Waals surface area contributed by atoms with Gasteiger partial charge in [-0.05, 0) is 25.7 Å². The fourth-order valence-electron chi connectivity index (χ4n) is 2.66. The average molecular weight is 341 g/mol. The van der Waals surface area contributed by atoms with Crippen molar-refractivity contribution in [3.8, 4) is 0 Å². The van der Waals surface area contributed by atoms with Crippen molar-refractivity contribution in [2.24, 2.45) is 0 Å². The van der Waals surface area contributed by atoms with Crippen molar-refractivity contribution in [1.29, 1.82) is 0 Å². The van der Waals surface area contributed by atoms with Crippen LogP contribution in [0.4, 0.5) is 0 Å². The Morgan fingerprint density at radius 2 is 0.917 bits per heavy atom. The van der Waals surface area contributed by atoms with Crippen LogP contribution < -0.4 is 10.6 Å². The van der Waals surface area contributed by atoms with Crippen molar-refractivity contribution in [3.63, 3.8) is 0 Å². The molecule has 0 bridgehead atoms. The van der Waals surface area contributed by atoms with Gasteiger partial charge in [-0.2, -0.15) is 0 Å². The lowest BCUT2D eigenvalue weighted by Crippen LogP contribution is -2.24. The summed E-state index contributed by atoms with van der Waals surface area (Å²) in [4.78, 5) is 23.2. The van der Waals surface area contributed by atoms with Crippen LogP contribution in [0.25, 0.3) is 0 Å². The van der Waals surface area contributed by atoms with E-state index >= 15 is 0 Å². The molecule has 24 heavy (non-hydrogen) atoms. The van der Waals surface area contributed by atoms with Crippen LogP contribution in [0, 0.1) is 0 Å². The highest BCUT2D eigenvalue weighted by Gasteiger charge is 2.02. The molecule has 0 spiro atoms. The summed E-state index contributed by atoms with van der Waals surface area (Å²) in [6.45, 7) is 5.99. The zero-order chi connectivity index (χ0) is 17.9. The molecule has 0 aliphatic carbocycles. The summed E-state index contributed by atoms with van der Waals surface area (Å²) in [6, 6.07) is 0. The van der Waals surface area contributed by atoms with Gasteiger partial charge in [0.05, 0.1) is 0 Å². The highest BCUT2D eigenvalue weighted by Crippen LogP contribution is 2.08. The van der Waals surface area contributed by atoms with Gasteiger partial charge in [-0.3, -0.25) is 9.59 Å². The van der Waals surface area contributed by atoms with Gasteiger partial charge in [-0.15, -0.1) is 0 Å². The standard InChI is InChI=1S/C20H40N2O2/c1-3-5-13-17-21-19(23)15-11-9-7-8-10-12-16-20(24)22-18-14-6-4-2/h3-18H2,1-2H3,(H,21,23)(H,22,24). The molecule has 4 heteroatoms. The molecule has 0 aliphatic heterocycles. The summed E-state index contributed by atoms with van der Waals surface area (Å²) in [5, 5.41) is 5.96. The van der Waals surface area contributed by atoms with E-state index in [0.29, 0.717) is 12.8 Å². The normalized spacial score (nSPS) is 10.6. The molecule has 142 valence electrons. The fourth-order valence-corrected chi connectivity index (χ4v) is 2.66. The number of unbranched alkanes of at least 4 members (excludes halogenated alkanes) is 9. The molecule has 2 amide bonds. The number of hydrogen-bond acceptors (Lipinski definition) is 2. The SMILES string of the molecule is CCCCCNC(=O)CCCCCCCCC(=O)NCCCCC. The van der Waals surface area contributed by atoms with Crippen molar-refractivity contribution in [1.82, 2.24) is 10.6 Å². The number of carbonyl (C=O) groups excluding carboxylic acids is 2. The van der Waals surface area contributed by atoms with E-state index in [1.807, 2.05) is 0 Å². The molecule has 0 atom stereocenters. The van der Waals surface area contributed by atoms with E-state index in [2.05, 4.69) is 24.5 Å². The van der Waals surface area contributed by atoms with Gasteiger partial charge in [0.15, 0.2) is 0 Å². The molecule has 0 aromatic carbocycles. The first-order valence-electron chi connectivity index (χ1n) is 10.2. The number of amides is 2. The van der Waals surface area contributed by atoms with Gasteiger partial charge in [0, 0.05) is 25.9 Å². The van der Waals surface area contributed by atoms with Gasteiger partial charge in [-0.25, -0.2) is 0 Å². The van der Waals surface area contributed by atoms with E-state index < -0.39 is 0 Å². The first kappa shape index (κ1) is 22.9. The van der Waals surface area contributed by atoms with E-state index in [9.17, 15) is 9.59 Å². The maximum Gasteiger partial charge on any atom is 0.219 e. The Morgan fingerprint density at radius 3 is 1.29 bits per heavy atom. The Balaban J connectivity index is 3.24. The molecule has 0 aromatic rings. The number of nitrogens with one attached hydrogen (secondary N) is 2. The average Bonchev–Trinajstić information content (AvgIpc) is 2.58. The topological polar surface area (TPSA) is 58.2 Å². The molecule has 0 aromatic heterocycles. The third kappa shape index (κ3) is 17.3. The van der Waals surface area contributed by atoms with Crippen LogP contribution in [-0.4, -0.2) is 24.9 Å². The van der Waals surface area contributed by atoms with E-state index in [1.54, 1.807) is 0 Å². The van der Waals surface area contributed by atoms with Crippen molar-refractivity contribution >= 4 is 11.8 Å². The van der Waals surface area contributed by atoms with Gasteiger partial charge in [0.1, 0.15) is 0 Å². The second-order valence-electron chi connectivity index (χ2n) is 6.74. The van der Waals surface area contributed by atoms with Gasteiger partial charge in [0.2, 0.25) is 11.8 Å². The third-order valence-electron chi connectivity index (χ3n) is 4.26. The summed E-state index contributed by atoms with van der Waals surface area (Å²) in [7, 11) is 0. The lowest BCUT2D eigenvalue weighted by Gasteiger charge is -2.05. The minimum atomic E-state index is 0.200. The first-order valence-corrected chi connectivity index (χ1v) is 10.2. The van der Waals surface area contributed by atoms with E-state index in [1.165, 1.54) is 38.5 Å². The highest BCUT2D eigenvalue weighted by molar-refractivity contribution is 5.76. The van der Waals surface area contributed by atoms with Crippen LogP contribution in [0.3, 0.4) is 0 Å². The zero-order valence-corrected chi connectivity index (χ0v) is 16.1. The smallest absolute Gasteiger partial charge is 0.219 e. The van der Waals surface area contributed by atoms with Crippen LogP contribution in [-0.2, 0) is 9.59 Å². The van der Waals surface area contributed by atoms with Crippen LogP contribution in [0.1, 0.15) is 104 Å². The third-order valence-corrected chi connectivity index (χ3v) is 4.26. The molecule has 4 nitrogen and oxygen atoms in total. The lowest BCUT2D eigenvalue weighted by atomic mass is 10.1. The molecule has 0 rings (SSSR count). The van der Waals surface area contributed by atoms with E-state index in [4.69, 9.17) is 0 Å². The monoisotopic (exact) mass is 340 g/mol. The Labute approximate surface area is 149 Å². The van der Waals surface area contributed by atoms with Crippen molar-refractivity contribution in [3.05, 3.63) is 0 Å². The molecule has 0 aliphatic rings. The lowest BCUT2D eigenvalue weighted by molar-refractivity contribution is -0.122. The Hall–Kier alpha value is -1.06. The molecule has 0 heterocycles. The van der Waals surface area contributed by atoms with Crippen molar-refractivity contribution < 1.29 is 9.59 Å². The number of hydrogen-bond donors (Lipinski definition) is 2. The fraction of sp³-hybridized carbons (Fsp3) is 0.900. The summed E-state index contributed by atoms with van der Waals surface area (Å²) >= 11 is 0. The largest absolute Gasteiger partial charge is 0.356 e. The molecular formula is C20H40N2O2. The van der Waals surface area contributed by atoms with Crippen LogP contribution >= 0.6 is 0 Å². The van der Waals surface area contributed by atoms with Crippen LogP contribution in [0.2, 0.25) is 0 Å². The minimum absolute atomic E-state index is 0.200. The minimum Gasteiger partial charge on any atom is -0.356 e. The molecule has 0 saturated carbocycles. The highest BCUT2D eigenvalue weighted by atomic mass is 16.2. The molecule has 0 fully saturated rings. The second-order valence-corrected chi connectivity index (χ2v) is 6.74. The van der Waals surface area contributed by atoms with Crippen LogP contribution in [0.15, 0.2) is 0 Å². The Bertz CT molecular complexity index is 276. The summed E-state index contributed by atoms with van der Waals surface area (Å²) in [5.74, 6) is 0.400. The van der Waals surface area contributed by atoms with E-state index in [-0.39, 0.29) is 11.8 Å². The van der Waals surface area contributed by atoms with Crippen molar-refractivity contribution in [2.45, 2.75) is 104 Å². The second kappa shape index (κ2) is 18.3. The predicted molar refractivity (Wildman–Crippen MR) is 102 cm³/mol. The van der Waals surface area contributed by atoms with E-state index in [0.717, 1.165) is 51.6 Å².